The number of nitrogens with zero attached hydrogens (tertiary/aromatic N) is 2. The Morgan fingerprint density at radius 3 is 2.92 bits per heavy atom. The molecule has 2 heterocycles. The number of rotatable bonds is 5. The van der Waals surface area contributed by atoms with Crippen molar-refractivity contribution < 1.29 is 4.79 Å². The number of aromatic nitrogens is 3. The maximum Gasteiger partial charge on any atom is 0.320 e. The SMILES string of the molecule is CCNc1n[nH]c2cc(NC(=O)NCc3ccc(Cl)c(C)c3)ncc12. The number of urea groups is 1. The minimum atomic E-state index is -0.328. The van der Waals surface area contributed by atoms with Crippen molar-refractivity contribution in [1.29, 1.82) is 0 Å². The zero-order chi connectivity index (χ0) is 17.8. The number of H-pyrrole nitrogens is 1. The molecule has 1 aromatic carbocycles. The van der Waals surface area contributed by atoms with Crippen molar-refractivity contribution in [2.45, 2.75) is 20.4 Å². The monoisotopic (exact) mass is 358 g/mol. The number of pyridine rings is 1. The van der Waals surface area contributed by atoms with Gasteiger partial charge in [0.2, 0.25) is 0 Å². The van der Waals surface area contributed by atoms with Crippen LogP contribution in [0.25, 0.3) is 10.9 Å². The first kappa shape index (κ1) is 17.0. The first-order valence-electron chi connectivity index (χ1n) is 7.94. The number of aryl methyl sites for hydroxylation is 1. The zero-order valence-electron chi connectivity index (χ0n) is 14.0. The summed E-state index contributed by atoms with van der Waals surface area (Å²) in [6.45, 7) is 5.10. The van der Waals surface area contributed by atoms with Gasteiger partial charge in [-0.1, -0.05) is 23.7 Å². The average molecular weight is 359 g/mol. The van der Waals surface area contributed by atoms with Gasteiger partial charge in [-0.2, -0.15) is 5.10 Å². The van der Waals surface area contributed by atoms with E-state index in [4.69, 9.17) is 11.6 Å². The van der Waals surface area contributed by atoms with Gasteiger partial charge in [0, 0.05) is 30.4 Å². The van der Waals surface area contributed by atoms with Crippen LogP contribution in [-0.2, 0) is 6.54 Å². The Kier molecular flexibility index (Phi) is 5.04. The number of anilines is 2. The molecule has 8 heteroatoms. The van der Waals surface area contributed by atoms with E-state index in [9.17, 15) is 4.79 Å². The minimum absolute atomic E-state index is 0.328. The van der Waals surface area contributed by atoms with Gasteiger partial charge in [0.15, 0.2) is 5.82 Å². The molecule has 0 spiro atoms. The Balaban J connectivity index is 1.62. The Morgan fingerprint density at radius 2 is 2.16 bits per heavy atom. The van der Waals surface area contributed by atoms with Gasteiger partial charge in [0.1, 0.15) is 5.82 Å². The minimum Gasteiger partial charge on any atom is -0.368 e. The molecule has 4 N–H and O–H groups in total. The highest BCUT2D eigenvalue weighted by atomic mass is 35.5. The summed E-state index contributed by atoms with van der Waals surface area (Å²) in [4.78, 5) is 16.3. The molecule has 2 aromatic heterocycles. The molecule has 0 aliphatic rings. The number of aromatic amines is 1. The second kappa shape index (κ2) is 7.40. The van der Waals surface area contributed by atoms with Crippen molar-refractivity contribution in [3.8, 4) is 0 Å². The van der Waals surface area contributed by atoms with Gasteiger partial charge in [0.25, 0.3) is 0 Å². The van der Waals surface area contributed by atoms with Crippen LogP contribution in [0.5, 0.6) is 0 Å². The molecular formula is C17H19ClN6O. The molecule has 3 rings (SSSR count). The van der Waals surface area contributed by atoms with Gasteiger partial charge in [-0.25, -0.2) is 9.78 Å². The smallest absolute Gasteiger partial charge is 0.320 e. The number of benzene rings is 1. The molecule has 25 heavy (non-hydrogen) atoms. The maximum atomic E-state index is 12.1. The van der Waals surface area contributed by atoms with Crippen molar-refractivity contribution in [2.24, 2.45) is 0 Å². The van der Waals surface area contributed by atoms with Crippen molar-refractivity contribution in [1.82, 2.24) is 20.5 Å². The number of nitrogens with one attached hydrogen (secondary N) is 4. The van der Waals surface area contributed by atoms with Gasteiger partial charge in [-0.05, 0) is 31.0 Å². The summed E-state index contributed by atoms with van der Waals surface area (Å²) in [5.74, 6) is 1.20. The number of carbonyl (C=O) groups is 1. The molecule has 0 saturated heterocycles. The van der Waals surface area contributed by atoms with Gasteiger partial charge in [0.05, 0.1) is 10.9 Å². The van der Waals surface area contributed by atoms with Crippen LogP contribution in [0, 0.1) is 6.92 Å². The summed E-state index contributed by atoms with van der Waals surface area (Å²) >= 11 is 6.00. The van der Waals surface area contributed by atoms with Crippen LogP contribution in [0.1, 0.15) is 18.1 Å². The fourth-order valence-electron chi connectivity index (χ4n) is 2.44. The van der Waals surface area contributed by atoms with Crippen molar-refractivity contribution in [3.05, 3.63) is 46.6 Å². The van der Waals surface area contributed by atoms with Crippen molar-refractivity contribution in [3.63, 3.8) is 0 Å². The third-order valence-electron chi connectivity index (χ3n) is 3.71. The fourth-order valence-corrected chi connectivity index (χ4v) is 2.56. The molecule has 2 amide bonds. The Labute approximate surface area is 150 Å². The van der Waals surface area contributed by atoms with Crippen molar-refractivity contribution in [2.75, 3.05) is 17.2 Å². The van der Waals surface area contributed by atoms with Crippen LogP contribution in [-0.4, -0.2) is 27.8 Å². The first-order chi connectivity index (χ1) is 12.1. The molecule has 0 bridgehead atoms. The first-order valence-corrected chi connectivity index (χ1v) is 8.32. The van der Waals surface area contributed by atoms with Crippen LogP contribution in [0.4, 0.5) is 16.4 Å². The van der Waals surface area contributed by atoms with E-state index in [0.717, 1.165) is 34.4 Å². The Hall–Kier alpha value is -2.80. The van der Waals surface area contributed by atoms with E-state index in [0.29, 0.717) is 17.4 Å². The van der Waals surface area contributed by atoms with Gasteiger partial charge in [-0.15, -0.1) is 0 Å². The number of halogens is 1. The van der Waals surface area contributed by atoms with E-state index in [-0.39, 0.29) is 6.03 Å². The second-order valence-electron chi connectivity index (χ2n) is 5.61. The van der Waals surface area contributed by atoms with E-state index >= 15 is 0 Å². The van der Waals surface area contributed by atoms with E-state index in [1.807, 2.05) is 32.0 Å². The van der Waals surface area contributed by atoms with Crippen LogP contribution in [0.3, 0.4) is 0 Å². The molecule has 0 saturated carbocycles. The molecule has 0 atom stereocenters. The molecule has 0 aliphatic heterocycles. The lowest BCUT2D eigenvalue weighted by atomic mass is 10.1. The third kappa shape index (κ3) is 4.00. The molecule has 7 nitrogen and oxygen atoms in total. The molecule has 3 aromatic rings. The van der Waals surface area contributed by atoms with Gasteiger partial charge in [-0.3, -0.25) is 10.4 Å². The lowest BCUT2D eigenvalue weighted by Gasteiger charge is -2.08. The number of amides is 2. The summed E-state index contributed by atoms with van der Waals surface area (Å²) in [7, 11) is 0. The molecule has 0 radical (unpaired) electrons. The predicted molar refractivity (Wildman–Crippen MR) is 100 cm³/mol. The highest BCUT2D eigenvalue weighted by molar-refractivity contribution is 6.31. The largest absolute Gasteiger partial charge is 0.368 e. The summed E-state index contributed by atoms with van der Waals surface area (Å²) < 4.78 is 0. The quantitative estimate of drug-likeness (QED) is 0.559. The zero-order valence-corrected chi connectivity index (χ0v) is 14.7. The second-order valence-corrected chi connectivity index (χ2v) is 6.02. The molecule has 0 unspecified atom stereocenters. The molecule has 130 valence electrons. The number of hydrogen-bond donors (Lipinski definition) is 4. The predicted octanol–water partition coefficient (Wildman–Crippen LogP) is 3.67. The highest BCUT2D eigenvalue weighted by Crippen LogP contribution is 2.21. The van der Waals surface area contributed by atoms with E-state index in [2.05, 4.69) is 31.1 Å². The van der Waals surface area contributed by atoms with E-state index in [1.54, 1.807) is 12.3 Å². The average Bonchev–Trinajstić information content (AvgIpc) is 2.99. The Bertz CT molecular complexity index is 907. The Morgan fingerprint density at radius 1 is 1.32 bits per heavy atom. The fraction of sp³-hybridized carbons (Fsp3) is 0.235. The third-order valence-corrected chi connectivity index (χ3v) is 4.13. The van der Waals surface area contributed by atoms with Crippen LogP contribution < -0.4 is 16.0 Å². The molecular weight excluding hydrogens is 340 g/mol. The molecule has 0 aliphatic carbocycles. The highest BCUT2D eigenvalue weighted by Gasteiger charge is 2.08. The van der Waals surface area contributed by atoms with Crippen LogP contribution in [0.15, 0.2) is 30.5 Å². The van der Waals surface area contributed by atoms with Crippen molar-refractivity contribution >= 4 is 40.2 Å². The summed E-state index contributed by atoms with van der Waals surface area (Å²) in [5, 5.41) is 17.3. The van der Waals surface area contributed by atoms with Crippen LogP contribution >= 0.6 is 11.6 Å². The van der Waals surface area contributed by atoms with E-state index < -0.39 is 0 Å². The topological polar surface area (TPSA) is 94.7 Å². The lowest BCUT2D eigenvalue weighted by molar-refractivity contribution is 0.251. The lowest BCUT2D eigenvalue weighted by Crippen LogP contribution is -2.28. The van der Waals surface area contributed by atoms with Gasteiger partial charge >= 0.3 is 6.03 Å². The summed E-state index contributed by atoms with van der Waals surface area (Å²) in [5.41, 5.74) is 2.75. The molecule has 0 fully saturated rings. The number of carbonyl (C=O) groups excluding carboxylic acids is 1. The van der Waals surface area contributed by atoms with Gasteiger partial charge < -0.3 is 10.6 Å². The number of fused-ring (bicyclic) bond motifs is 1. The standard InChI is InChI=1S/C17H19ClN6O/c1-3-19-16-12-9-20-15(7-14(12)23-24-16)22-17(25)21-8-11-4-5-13(18)10(2)6-11/h4-7,9H,3,8H2,1-2H3,(H2,19,23,24)(H2,20,21,22,25). The maximum absolute atomic E-state index is 12.1. The normalized spacial score (nSPS) is 10.7. The summed E-state index contributed by atoms with van der Waals surface area (Å²) in [6, 6.07) is 7.06. The number of hydrogen-bond acceptors (Lipinski definition) is 4. The van der Waals surface area contributed by atoms with E-state index in [1.165, 1.54) is 0 Å². The van der Waals surface area contributed by atoms with Crippen LogP contribution in [0.2, 0.25) is 5.02 Å². The summed E-state index contributed by atoms with van der Waals surface area (Å²) in [6.07, 6.45) is 1.68.